The van der Waals surface area contributed by atoms with Gasteiger partial charge in [-0.1, -0.05) is 34.8 Å². The van der Waals surface area contributed by atoms with E-state index in [9.17, 15) is 9.59 Å². The van der Waals surface area contributed by atoms with Gasteiger partial charge in [-0.25, -0.2) is 4.79 Å². The van der Waals surface area contributed by atoms with E-state index < -0.39 is 18.5 Å². The fourth-order valence-corrected chi connectivity index (χ4v) is 2.52. The van der Waals surface area contributed by atoms with E-state index in [4.69, 9.17) is 44.8 Å². The monoisotopic (exact) mass is 382 g/mol. The van der Waals surface area contributed by atoms with Crippen LogP contribution in [0.25, 0.3) is 0 Å². The van der Waals surface area contributed by atoms with E-state index in [1.54, 1.807) is 0 Å². The maximum Gasteiger partial charge on any atom is 0.338 e. The van der Waals surface area contributed by atoms with Gasteiger partial charge in [0.1, 0.15) is 6.07 Å². The summed E-state index contributed by atoms with van der Waals surface area (Å²) in [6.07, 6.45) is 0. The Morgan fingerprint density at radius 1 is 1.08 bits per heavy atom. The number of benzene rings is 2. The number of halogens is 3. The smallest absolute Gasteiger partial charge is 0.338 e. The lowest BCUT2D eigenvalue weighted by molar-refractivity contribution is -0.119. The highest BCUT2D eigenvalue weighted by Crippen LogP contribution is 2.21. The molecule has 0 saturated heterocycles. The molecule has 1 amide bonds. The third-order valence-corrected chi connectivity index (χ3v) is 3.56. The zero-order valence-electron chi connectivity index (χ0n) is 12.0. The largest absolute Gasteiger partial charge is 0.452 e. The standard InChI is InChI=1S/C16H9Cl3N2O3/c17-11-3-10(4-12(18)5-11)16(23)24-8-15(22)21-13-2-1-9(7-20)14(19)6-13/h1-6H,8H2,(H,21,22). The molecule has 122 valence electrons. The summed E-state index contributed by atoms with van der Waals surface area (Å²) in [5.74, 6) is -1.29. The van der Waals surface area contributed by atoms with Gasteiger partial charge in [0.05, 0.1) is 16.1 Å². The quantitative estimate of drug-likeness (QED) is 0.798. The number of anilines is 1. The molecule has 2 aromatic carbocycles. The summed E-state index contributed by atoms with van der Waals surface area (Å²) in [6, 6.07) is 10.6. The van der Waals surface area contributed by atoms with Crippen molar-refractivity contribution >= 4 is 52.4 Å². The summed E-state index contributed by atoms with van der Waals surface area (Å²) in [5.41, 5.74) is 0.812. The summed E-state index contributed by atoms with van der Waals surface area (Å²) in [7, 11) is 0. The second-order valence-electron chi connectivity index (χ2n) is 4.59. The Bertz CT molecular complexity index is 827. The van der Waals surface area contributed by atoms with E-state index in [0.717, 1.165) is 0 Å². The Morgan fingerprint density at radius 3 is 2.33 bits per heavy atom. The second kappa shape index (κ2) is 8.02. The van der Waals surface area contributed by atoms with Crippen LogP contribution in [0.5, 0.6) is 0 Å². The van der Waals surface area contributed by atoms with Gasteiger partial charge in [-0.2, -0.15) is 5.26 Å². The lowest BCUT2D eigenvalue weighted by Gasteiger charge is -2.08. The molecule has 0 aliphatic heterocycles. The molecular weight excluding hydrogens is 375 g/mol. The number of nitrogens with zero attached hydrogens (tertiary/aromatic N) is 1. The van der Waals surface area contributed by atoms with Gasteiger partial charge < -0.3 is 10.1 Å². The van der Waals surface area contributed by atoms with Crippen molar-refractivity contribution < 1.29 is 14.3 Å². The zero-order valence-corrected chi connectivity index (χ0v) is 14.2. The molecule has 0 aromatic heterocycles. The topological polar surface area (TPSA) is 79.2 Å². The lowest BCUT2D eigenvalue weighted by atomic mass is 10.2. The molecule has 0 bridgehead atoms. The first-order valence-corrected chi connectivity index (χ1v) is 7.65. The maximum atomic E-state index is 11.9. The minimum Gasteiger partial charge on any atom is -0.452 e. The van der Waals surface area contributed by atoms with Crippen LogP contribution in [0.15, 0.2) is 36.4 Å². The third-order valence-electron chi connectivity index (χ3n) is 2.81. The average molecular weight is 384 g/mol. The molecule has 0 aliphatic rings. The molecule has 1 N–H and O–H groups in total. The van der Waals surface area contributed by atoms with Crippen LogP contribution in [0.4, 0.5) is 5.69 Å². The van der Waals surface area contributed by atoms with Crippen molar-refractivity contribution in [2.45, 2.75) is 0 Å². The highest BCUT2D eigenvalue weighted by atomic mass is 35.5. The number of rotatable bonds is 4. The van der Waals surface area contributed by atoms with Crippen LogP contribution >= 0.6 is 34.8 Å². The molecule has 5 nitrogen and oxygen atoms in total. The van der Waals surface area contributed by atoms with Crippen molar-refractivity contribution in [3.8, 4) is 6.07 Å². The van der Waals surface area contributed by atoms with E-state index in [1.807, 2.05) is 6.07 Å². The fourth-order valence-electron chi connectivity index (χ4n) is 1.77. The van der Waals surface area contributed by atoms with Crippen LogP contribution in [0, 0.1) is 11.3 Å². The molecule has 0 saturated carbocycles. The van der Waals surface area contributed by atoms with Crippen LogP contribution in [-0.4, -0.2) is 18.5 Å². The van der Waals surface area contributed by atoms with E-state index in [2.05, 4.69) is 5.32 Å². The summed E-state index contributed by atoms with van der Waals surface area (Å²) in [4.78, 5) is 23.7. The number of hydrogen-bond acceptors (Lipinski definition) is 4. The Hall–Kier alpha value is -2.26. The van der Waals surface area contributed by atoms with Crippen LogP contribution < -0.4 is 5.32 Å². The Kier molecular flexibility index (Phi) is 6.04. The average Bonchev–Trinajstić information content (AvgIpc) is 2.52. The predicted octanol–water partition coefficient (Wildman–Crippen LogP) is 4.31. The first kappa shape index (κ1) is 18.1. The Labute approximate surface area is 152 Å². The molecule has 2 aromatic rings. The Balaban J connectivity index is 1.94. The van der Waals surface area contributed by atoms with Gasteiger partial charge in [-0.3, -0.25) is 4.79 Å². The molecule has 2 rings (SSSR count). The van der Waals surface area contributed by atoms with E-state index >= 15 is 0 Å². The first-order chi connectivity index (χ1) is 11.4. The van der Waals surface area contributed by atoms with Gasteiger partial charge in [-0.05, 0) is 36.4 Å². The molecule has 0 heterocycles. The van der Waals surface area contributed by atoms with E-state index in [1.165, 1.54) is 36.4 Å². The summed E-state index contributed by atoms with van der Waals surface area (Å²) in [5, 5.41) is 12.1. The molecular formula is C16H9Cl3N2O3. The van der Waals surface area contributed by atoms with Gasteiger partial charge in [0.25, 0.3) is 5.91 Å². The molecule has 0 spiro atoms. The number of carbonyl (C=O) groups excluding carboxylic acids is 2. The van der Waals surface area contributed by atoms with Crippen molar-refractivity contribution in [2.75, 3.05) is 11.9 Å². The molecule has 0 atom stereocenters. The number of nitrogens with one attached hydrogen (secondary N) is 1. The van der Waals surface area contributed by atoms with Crippen molar-refractivity contribution in [1.29, 1.82) is 5.26 Å². The van der Waals surface area contributed by atoms with E-state index in [-0.39, 0.29) is 20.6 Å². The Morgan fingerprint density at radius 2 is 1.75 bits per heavy atom. The predicted molar refractivity (Wildman–Crippen MR) is 91.5 cm³/mol. The van der Waals surface area contributed by atoms with Gasteiger partial charge in [0.2, 0.25) is 0 Å². The van der Waals surface area contributed by atoms with Crippen LogP contribution in [0.3, 0.4) is 0 Å². The van der Waals surface area contributed by atoms with Crippen molar-refractivity contribution in [1.82, 2.24) is 0 Å². The van der Waals surface area contributed by atoms with E-state index in [0.29, 0.717) is 11.3 Å². The molecule has 24 heavy (non-hydrogen) atoms. The minimum atomic E-state index is -0.729. The highest BCUT2D eigenvalue weighted by molar-refractivity contribution is 6.35. The minimum absolute atomic E-state index is 0.140. The second-order valence-corrected chi connectivity index (χ2v) is 5.87. The lowest BCUT2D eigenvalue weighted by Crippen LogP contribution is -2.21. The maximum absolute atomic E-state index is 11.9. The number of amides is 1. The van der Waals surface area contributed by atoms with Gasteiger partial charge in [0.15, 0.2) is 6.61 Å². The van der Waals surface area contributed by atoms with Gasteiger partial charge in [-0.15, -0.1) is 0 Å². The first-order valence-electron chi connectivity index (χ1n) is 6.52. The van der Waals surface area contributed by atoms with Gasteiger partial charge >= 0.3 is 5.97 Å². The normalized spacial score (nSPS) is 9.92. The van der Waals surface area contributed by atoms with Crippen LogP contribution in [-0.2, 0) is 9.53 Å². The third kappa shape index (κ3) is 4.87. The summed E-state index contributed by atoms with van der Waals surface area (Å²) in [6.45, 7) is -0.499. The molecule has 0 unspecified atom stereocenters. The van der Waals surface area contributed by atoms with Crippen molar-refractivity contribution in [3.63, 3.8) is 0 Å². The molecule has 0 aliphatic carbocycles. The summed E-state index contributed by atoms with van der Waals surface area (Å²) >= 11 is 17.5. The fraction of sp³-hybridized carbons (Fsp3) is 0.0625. The summed E-state index contributed by atoms with van der Waals surface area (Å²) < 4.78 is 4.89. The molecule has 0 fully saturated rings. The van der Waals surface area contributed by atoms with Crippen LogP contribution in [0.1, 0.15) is 15.9 Å². The number of nitriles is 1. The number of esters is 1. The highest BCUT2D eigenvalue weighted by Gasteiger charge is 2.12. The van der Waals surface area contributed by atoms with Crippen molar-refractivity contribution in [2.24, 2.45) is 0 Å². The zero-order chi connectivity index (χ0) is 17.7. The number of carbonyl (C=O) groups is 2. The number of hydrogen-bond donors (Lipinski definition) is 1. The SMILES string of the molecule is N#Cc1ccc(NC(=O)COC(=O)c2cc(Cl)cc(Cl)c2)cc1Cl. The number of ether oxygens (including phenoxy) is 1. The van der Waals surface area contributed by atoms with Crippen LogP contribution in [0.2, 0.25) is 15.1 Å². The van der Waals surface area contributed by atoms with Gasteiger partial charge in [0, 0.05) is 15.7 Å². The van der Waals surface area contributed by atoms with Crippen molar-refractivity contribution in [3.05, 3.63) is 62.6 Å². The molecule has 8 heteroatoms. The molecule has 0 radical (unpaired) electrons.